The molecular weight excluding hydrogens is 350 g/mol. The molecule has 5 nitrogen and oxygen atoms in total. The average Bonchev–Trinajstić information content (AvgIpc) is 2.74. The highest BCUT2D eigenvalue weighted by atomic mass is 16.5. The van der Waals surface area contributed by atoms with Crippen molar-refractivity contribution in [2.24, 2.45) is 0 Å². The summed E-state index contributed by atoms with van der Waals surface area (Å²) < 4.78 is 5.52. The van der Waals surface area contributed by atoms with Crippen molar-refractivity contribution in [2.75, 3.05) is 39.8 Å². The SMILES string of the molecule is COc1cccc2c1CCC[C@H]2NC(=O)CN1CCN(C2CCCCC2)CC1. The Morgan fingerprint density at radius 3 is 2.61 bits per heavy atom. The van der Waals surface area contributed by atoms with Crippen LogP contribution in [0.15, 0.2) is 18.2 Å². The minimum absolute atomic E-state index is 0.120. The molecule has 4 rings (SSSR count). The van der Waals surface area contributed by atoms with Crippen molar-refractivity contribution < 1.29 is 9.53 Å². The first kappa shape index (κ1) is 19.7. The Morgan fingerprint density at radius 1 is 1.07 bits per heavy atom. The Bertz CT molecular complexity index is 664. The molecule has 1 atom stereocenters. The second-order valence-corrected chi connectivity index (χ2v) is 8.64. The third-order valence-corrected chi connectivity index (χ3v) is 6.88. The van der Waals surface area contributed by atoms with Gasteiger partial charge < -0.3 is 10.1 Å². The summed E-state index contributed by atoms with van der Waals surface area (Å²) >= 11 is 0. The van der Waals surface area contributed by atoms with Crippen LogP contribution in [0.2, 0.25) is 0 Å². The number of nitrogens with one attached hydrogen (secondary N) is 1. The lowest BCUT2D eigenvalue weighted by atomic mass is 9.87. The fourth-order valence-electron chi connectivity index (χ4n) is 5.33. The third kappa shape index (κ3) is 4.52. The number of ether oxygens (including phenoxy) is 1. The summed E-state index contributed by atoms with van der Waals surface area (Å²) in [6, 6.07) is 7.11. The molecule has 0 bridgehead atoms. The summed E-state index contributed by atoms with van der Waals surface area (Å²) in [6.07, 6.45) is 10.1. The Balaban J connectivity index is 1.28. The van der Waals surface area contributed by atoms with Gasteiger partial charge in [0.15, 0.2) is 0 Å². The van der Waals surface area contributed by atoms with Gasteiger partial charge in [0.1, 0.15) is 5.75 Å². The molecule has 3 aliphatic rings. The molecule has 0 aromatic heterocycles. The predicted molar refractivity (Wildman–Crippen MR) is 112 cm³/mol. The second-order valence-electron chi connectivity index (χ2n) is 8.64. The van der Waals surface area contributed by atoms with Crippen molar-refractivity contribution >= 4 is 5.91 Å². The number of carbonyl (C=O) groups excluding carboxylic acids is 1. The van der Waals surface area contributed by atoms with Crippen LogP contribution >= 0.6 is 0 Å². The molecule has 0 spiro atoms. The second kappa shape index (κ2) is 9.27. The maximum Gasteiger partial charge on any atom is 0.234 e. The number of rotatable bonds is 5. The number of nitrogens with zero attached hydrogens (tertiary/aromatic N) is 2. The highest BCUT2D eigenvalue weighted by molar-refractivity contribution is 5.78. The fourth-order valence-corrected chi connectivity index (χ4v) is 5.33. The molecule has 5 heteroatoms. The average molecular weight is 386 g/mol. The quantitative estimate of drug-likeness (QED) is 0.846. The molecule has 1 heterocycles. The number of hydrogen-bond acceptors (Lipinski definition) is 4. The molecule has 1 aromatic rings. The lowest BCUT2D eigenvalue weighted by Gasteiger charge is -2.40. The molecule has 1 amide bonds. The van der Waals surface area contributed by atoms with Gasteiger partial charge in [0, 0.05) is 32.2 Å². The molecule has 1 aliphatic heterocycles. The first-order chi connectivity index (χ1) is 13.7. The largest absolute Gasteiger partial charge is 0.496 e. The summed E-state index contributed by atoms with van der Waals surface area (Å²) in [5.74, 6) is 1.11. The molecular formula is C23H35N3O2. The van der Waals surface area contributed by atoms with Gasteiger partial charge in [-0.25, -0.2) is 0 Å². The zero-order valence-corrected chi connectivity index (χ0v) is 17.3. The summed E-state index contributed by atoms with van der Waals surface area (Å²) in [6.45, 7) is 4.77. The molecule has 1 N–H and O–H groups in total. The lowest BCUT2D eigenvalue weighted by Crippen LogP contribution is -2.52. The summed E-state index contributed by atoms with van der Waals surface area (Å²) in [5.41, 5.74) is 2.50. The van der Waals surface area contributed by atoms with Crippen LogP contribution in [0.25, 0.3) is 0 Å². The highest BCUT2D eigenvalue weighted by Crippen LogP contribution is 2.35. The predicted octanol–water partition coefficient (Wildman–Crippen LogP) is 3.14. The van der Waals surface area contributed by atoms with Crippen molar-refractivity contribution in [3.05, 3.63) is 29.3 Å². The summed E-state index contributed by atoms with van der Waals surface area (Å²) in [5, 5.41) is 3.30. The zero-order chi connectivity index (χ0) is 19.3. The molecule has 154 valence electrons. The van der Waals surface area contributed by atoms with E-state index in [-0.39, 0.29) is 11.9 Å². The van der Waals surface area contributed by atoms with E-state index in [4.69, 9.17) is 4.74 Å². The van der Waals surface area contributed by atoms with E-state index in [0.29, 0.717) is 6.54 Å². The smallest absolute Gasteiger partial charge is 0.234 e. The number of amides is 1. The topological polar surface area (TPSA) is 44.8 Å². The van der Waals surface area contributed by atoms with Crippen LogP contribution in [0, 0.1) is 0 Å². The number of fused-ring (bicyclic) bond motifs is 1. The Labute approximate surface area is 169 Å². The van der Waals surface area contributed by atoms with Crippen LogP contribution in [-0.4, -0.2) is 61.6 Å². The first-order valence-corrected chi connectivity index (χ1v) is 11.2. The zero-order valence-electron chi connectivity index (χ0n) is 17.3. The van der Waals surface area contributed by atoms with Crippen LogP contribution in [0.3, 0.4) is 0 Å². The van der Waals surface area contributed by atoms with Crippen molar-refractivity contribution in [3.63, 3.8) is 0 Å². The normalized spacial score (nSPS) is 24.5. The van der Waals surface area contributed by atoms with Gasteiger partial charge in [0.2, 0.25) is 5.91 Å². The van der Waals surface area contributed by atoms with Crippen LogP contribution < -0.4 is 10.1 Å². The van der Waals surface area contributed by atoms with Crippen molar-refractivity contribution in [1.82, 2.24) is 15.1 Å². The van der Waals surface area contributed by atoms with E-state index in [0.717, 1.165) is 57.2 Å². The van der Waals surface area contributed by atoms with E-state index in [2.05, 4.69) is 21.2 Å². The van der Waals surface area contributed by atoms with E-state index < -0.39 is 0 Å². The van der Waals surface area contributed by atoms with Gasteiger partial charge in [0.05, 0.1) is 19.7 Å². The van der Waals surface area contributed by atoms with Crippen molar-refractivity contribution in [3.8, 4) is 5.75 Å². The van der Waals surface area contributed by atoms with E-state index in [9.17, 15) is 4.79 Å². The van der Waals surface area contributed by atoms with Gasteiger partial charge in [-0.1, -0.05) is 31.4 Å². The third-order valence-electron chi connectivity index (χ3n) is 6.88. The molecule has 1 saturated carbocycles. The minimum Gasteiger partial charge on any atom is -0.496 e. The molecule has 2 aliphatic carbocycles. The number of hydrogen-bond donors (Lipinski definition) is 1. The molecule has 1 aromatic carbocycles. The minimum atomic E-state index is 0.120. The highest BCUT2D eigenvalue weighted by Gasteiger charge is 2.27. The van der Waals surface area contributed by atoms with Crippen molar-refractivity contribution in [1.29, 1.82) is 0 Å². The first-order valence-electron chi connectivity index (χ1n) is 11.2. The Morgan fingerprint density at radius 2 is 1.86 bits per heavy atom. The fraction of sp³-hybridized carbons (Fsp3) is 0.696. The molecule has 2 fully saturated rings. The van der Waals surface area contributed by atoms with Gasteiger partial charge in [-0.2, -0.15) is 0 Å². The number of piperazine rings is 1. The standard InChI is InChI=1S/C23H35N3O2/c1-28-22-12-6-9-19-20(22)10-5-11-21(19)24-23(27)17-25-13-15-26(16-14-25)18-7-3-2-4-8-18/h6,9,12,18,21H,2-5,7-8,10-11,13-17H2,1H3,(H,24,27)/t21-/m1/s1. The van der Waals surface area contributed by atoms with Crippen molar-refractivity contribution in [2.45, 2.75) is 63.5 Å². The Hall–Kier alpha value is -1.59. The lowest BCUT2D eigenvalue weighted by molar-refractivity contribution is -0.123. The van der Waals surface area contributed by atoms with Gasteiger partial charge in [-0.3, -0.25) is 14.6 Å². The molecule has 0 radical (unpaired) electrons. The number of benzene rings is 1. The van der Waals surface area contributed by atoms with Gasteiger partial charge >= 0.3 is 0 Å². The van der Waals surface area contributed by atoms with Gasteiger partial charge in [-0.15, -0.1) is 0 Å². The summed E-state index contributed by atoms with van der Waals surface area (Å²) in [4.78, 5) is 17.7. The van der Waals surface area contributed by atoms with Crippen LogP contribution in [0.4, 0.5) is 0 Å². The molecule has 0 unspecified atom stereocenters. The number of methoxy groups -OCH3 is 1. The molecule has 28 heavy (non-hydrogen) atoms. The van der Waals surface area contributed by atoms with E-state index in [1.54, 1.807) is 7.11 Å². The maximum atomic E-state index is 12.7. The van der Waals surface area contributed by atoms with E-state index in [1.165, 1.54) is 43.2 Å². The maximum absolute atomic E-state index is 12.7. The van der Waals surface area contributed by atoms with Gasteiger partial charge in [0.25, 0.3) is 0 Å². The van der Waals surface area contributed by atoms with E-state index in [1.807, 2.05) is 12.1 Å². The summed E-state index contributed by atoms with van der Waals surface area (Å²) in [7, 11) is 1.73. The van der Waals surface area contributed by atoms with Crippen LogP contribution in [0.1, 0.15) is 62.1 Å². The van der Waals surface area contributed by atoms with Crippen LogP contribution in [-0.2, 0) is 11.2 Å². The Kier molecular flexibility index (Phi) is 6.53. The monoisotopic (exact) mass is 385 g/mol. The van der Waals surface area contributed by atoms with E-state index >= 15 is 0 Å². The number of carbonyl (C=O) groups is 1. The van der Waals surface area contributed by atoms with Crippen LogP contribution in [0.5, 0.6) is 5.75 Å². The molecule has 1 saturated heterocycles. The van der Waals surface area contributed by atoms with Gasteiger partial charge in [-0.05, 0) is 49.3 Å².